The Hall–Kier alpha value is -1.69. The third-order valence-corrected chi connectivity index (χ3v) is 1.63. The first-order valence-electron chi connectivity index (χ1n) is 3.46. The molecule has 0 aliphatic rings. The molecule has 0 saturated heterocycles. The molecule has 12 heavy (non-hydrogen) atoms. The molecule has 0 fully saturated rings. The van der Waals surface area contributed by atoms with Crippen molar-refractivity contribution in [1.82, 2.24) is 0 Å². The number of nitriles is 1. The fraction of sp³-hybridized carbons (Fsp3) is 0.222. The minimum atomic E-state index is -0.00389. The van der Waals surface area contributed by atoms with E-state index in [1.54, 1.807) is 6.92 Å². The summed E-state index contributed by atoms with van der Waals surface area (Å²) in [5, 5.41) is 17.8. The van der Waals surface area contributed by atoms with Gasteiger partial charge in [0.15, 0.2) is 0 Å². The van der Waals surface area contributed by atoms with Crippen LogP contribution in [-0.2, 0) is 0 Å². The normalized spacial score (nSPS) is 9.08. The Morgan fingerprint density at radius 3 is 2.67 bits per heavy atom. The average Bonchev–Trinajstić information content (AvgIpc) is 2.05. The lowest BCUT2D eigenvalue weighted by molar-refractivity contribution is 0.408. The molecule has 62 valence electrons. The highest BCUT2D eigenvalue weighted by Crippen LogP contribution is 2.26. The summed E-state index contributed by atoms with van der Waals surface area (Å²) in [7, 11) is 1.53. The summed E-state index contributed by atoms with van der Waals surface area (Å²) in [5.74, 6) is 0.611. The van der Waals surface area contributed by atoms with Crippen LogP contribution in [0.5, 0.6) is 11.5 Å². The Balaban J connectivity index is 3.30. The maximum absolute atomic E-state index is 9.23. The van der Waals surface area contributed by atoms with Gasteiger partial charge in [0.1, 0.15) is 17.6 Å². The van der Waals surface area contributed by atoms with Crippen molar-refractivity contribution in [2.45, 2.75) is 6.92 Å². The number of phenols is 1. The van der Waals surface area contributed by atoms with Crippen LogP contribution in [0.2, 0.25) is 0 Å². The molecule has 0 bridgehead atoms. The summed E-state index contributed by atoms with van der Waals surface area (Å²) in [4.78, 5) is 0. The summed E-state index contributed by atoms with van der Waals surface area (Å²) in [6.07, 6.45) is 0. The van der Waals surface area contributed by atoms with Crippen LogP contribution in [0.15, 0.2) is 12.1 Å². The van der Waals surface area contributed by atoms with Crippen LogP contribution in [0.1, 0.15) is 11.1 Å². The Labute approximate surface area is 70.8 Å². The minimum Gasteiger partial charge on any atom is -0.507 e. The summed E-state index contributed by atoms with van der Waals surface area (Å²) in [6, 6.07) is 4.90. The molecule has 1 N–H and O–H groups in total. The van der Waals surface area contributed by atoms with E-state index >= 15 is 0 Å². The van der Waals surface area contributed by atoms with E-state index in [2.05, 4.69) is 0 Å². The Kier molecular flexibility index (Phi) is 2.20. The Bertz CT molecular complexity index is 339. The molecule has 0 atom stereocenters. The van der Waals surface area contributed by atoms with Gasteiger partial charge in [0.05, 0.1) is 12.7 Å². The van der Waals surface area contributed by atoms with Crippen molar-refractivity contribution < 1.29 is 9.84 Å². The van der Waals surface area contributed by atoms with Gasteiger partial charge in [-0.1, -0.05) is 0 Å². The second-order valence-electron chi connectivity index (χ2n) is 2.45. The van der Waals surface area contributed by atoms with E-state index in [1.807, 2.05) is 6.07 Å². The van der Waals surface area contributed by atoms with Crippen LogP contribution < -0.4 is 4.74 Å². The molecule has 0 spiro atoms. The summed E-state index contributed by atoms with van der Waals surface area (Å²) >= 11 is 0. The van der Waals surface area contributed by atoms with Gasteiger partial charge in [-0.3, -0.25) is 0 Å². The predicted molar refractivity (Wildman–Crippen MR) is 44.1 cm³/mol. The van der Waals surface area contributed by atoms with E-state index in [0.717, 1.165) is 5.56 Å². The van der Waals surface area contributed by atoms with E-state index in [9.17, 15) is 5.11 Å². The zero-order valence-electron chi connectivity index (χ0n) is 6.96. The van der Waals surface area contributed by atoms with Gasteiger partial charge >= 0.3 is 0 Å². The molecule has 0 aliphatic heterocycles. The number of benzene rings is 1. The number of ether oxygens (including phenoxy) is 1. The lowest BCUT2D eigenvalue weighted by Gasteiger charge is -2.05. The molecule has 1 aromatic carbocycles. The van der Waals surface area contributed by atoms with E-state index in [1.165, 1.54) is 19.2 Å². The molecule has 0 saturated carbocycles. The fourth-order valence-electron chi connectivity index (χ4n) is 0.982. The SMILES string of the molecule is COc1cc(C#N)c(O)cc1C. The number of aryl methyl sites for hydroxylation is 1. The van der Waals surface area contributed by atoms with Gasteiger partial charge in [-0.05, 0) is 18.6 Å². The molecule has 0 amide bonds. The van der Waals surface area contributed by atoms with Gasteiger partial charge in [-0.15, -0.1) is 0 Å². The first kappa shape index (κ1) is 8.41. The molecule has 0 heterocycles. The largest absolute Gasteiger partial charge is 0.507 e. The zero-order chi connectivity index (χ0) is 9.14. The molecule has 3 heteroatoms. The number of nitrogens with zero attached hydrogens (tertiary/aromatic N) is 1. The van der Waals surface area contributed by atoms with Crippen molar-refractivity contribution in [3.8, 4) is 17.6 Å². The van der Waals surface area contributed by atoms with Crippen LogP contribution in [-0.4, -0.2) is 12.2 Å². The summed E-state index contributed by atoms with van der Waals surface area (Å²) in [5.41, 5.74) is 1.05. The molecule has 0 aromatic heterocycles. The maximum Gasteiger partial charge on any atom is 0.133 e. The minimum absolute atomic E-state index is 0.00389. The summed E-state index contributed by atoms with van der Waals surface area (Å²) < 4.78 is 4.98. The maximum atomic E-state index is 9.23. The third kappa shape index (κ3) is 1.32. The number of methoxy groups -OCH3 is 1. The van der Waals surface area contributed by atoms with Gasteiger partial charge in [0.25, 0.3) is 0 Å². The predicted octanol–water partition coefficient (Wildman–Crippen LogP) is 1.58. The quantitative estimate of drug-likeness (QED) is 0.683. The number of phenolic OH excluding ortho intramolecular Hbond substituents is 1. The van der Waals surface area contributed by atoms with Gasteiger partial charge < -0.3 is 9.84 Å². The molecule has 3 nitrogen and oxygen atoms in total. The van der Waals surface area contributed by atoms with Crippen LogP contribution in [0.25, 0.3) is 0 Å². The standard InChI is InChI=1S/C9H9NO2/c1-6-3-8(11)7(5-10)4-9(6)12-2/h3-4,11H,1-2H3. The smallest absolute Gasteiger partial charge is 0.133 e. The fourth-order valence-corrected chi connectivity index (χ4v) is 0.982. The van der Waals surface area contributed by atoms with E-state index in [-0.39, 0.29) is 11.3 Å². The lowest BCUT2D eigenvalue weighted by atomic mass is 10.1. The topological polar surface area (TPSA) is 53.2 Å². The Morgan fingerprint density at radius 1 is 1.50 bits per heavy atom. The van der Waals surface area contributed by atoms with Gasteiger partial charge in [-0.2, -0.15) is 5.26 Å². The number of rotatable bonds is 1. The van der Waals surface area contributed by atoms with Crippen LogP contribution in [0, 0.1) is 18.3 Å². The summed E-state index contributed by atoms with van der Waals surface area (Å²) in [6.45, 7) is 1.81. The molecular formula is C9H9NO2. The first-order chi connectivity index (χ1) is 5.69. The molecule has 1 rings (SSSR count). The average molecular weight is 163 g/mol. The second-order valence-corrected chi connectivity index (χ2v) is 2.45. The number of aromatic hydroxyl groups is 1. The molecule has 0 radical (unpaired) electrons. The van der Waals surface area contributed by atoms with E-state index in [4.69, 9.17) is 10.00 Å². The van der Waals surface area contributed by atoms with Crippen molar-refractivity contribution in [3.63, 3.8) is 0 Å². The molecule has 0 unspecified atom stereocenters. The van der Waals surface area contributed by atoms with Gasteiger partial charge in [-0.25, -0.2) is 0 Å². The van der Waals surface area contributed by atoms with Gasteiger partial charge in [0.2, 0.25) is 0 Å². The third-order valence-electron chi connectivity index (χ3n) is 1.63. The van der Waals surface area contributed by atoms with Crippen molar-refractivity contribution >= 4 is 0 Å². The van der Waals surface area contributed by atoms with Crippen molar-refractivity contribution in [1.29, 1.82) is 5.26 Å². The molecule has 0 aliphatic carbocycles. The Morgan fingerprint density at radius 2 is 2.17 bits per heavy atom. The highest BCUT2D eigenvalue weighted by molar-refractivity contribution is 5.50. The van der Waals surface area contributed by atoms with Crippen LogP contribution in [0.3, 0.4) is 0 Å². The molecular weight excluding hydrogens is 154 g/mol. The van der Waals surface area contributed by atoms with Crippen molar-refractivity contribution in [3.05, 3.63) is 23.3 Å². The number of hydrogen-bond donors (Lipinski definition) is 1. The first-order valence-corrected chi connectivity index (χ1v) is 3.46. The molecule has 1 aromatic rings. The lowest BCUT2D eigenvalue weighted by Crippen LogP contribution is -1.88. The van der Waals surface area contributed by atoms with Crippen LogP contribution >= 0.6 is 0 Å². The van der Waals surface area contributed by atoms with Crippen LogP contribution in [0.4, 0.5) is 0 Å². The van der Waals surface area contributed by atoms with E-state index in [0.29, 0.717) is 5.75 Å². The highest BCUT2D eigenvalue weighted by atomic mass is 16.5. The van der Waals surface area contributed by atoms with Gasteiger partial charge in [0, 0.05) is 6.07 Å². The number of hydrogen-bond acceptors (Lipinski definition) is 3. The van der Waals surface area contributed by atoms with E-state index < -0.39 is 0 Å². The zero-order valence-corrected chi connectivity index (χ0v) is 6.96. The monoisotopic (exact) mass is 163 g/mol. The highest BCUT2D eigenvalue weighted by Gasteiger charge is 2.05. The van der Waals surface area contributed by atoms with Crippen molar-refractivity contribution in [2.24, 2.45) is 0 Å². The van der Waals surface area contributed by atoms with Crippen molar-refractivity contribution in [2.75, 3.05) is 7.11 Å². The second kappa shape index (κ2) is 3.14.